The Bertz CT molecular complexity index is 863. The Hall–Kier alpha value is -2.32. The zero-order valence-electron chi connectivity index (χ0n) is 29.3. The fourth-order valence-corrected chi connectivity index (χ4v) is 3.53. The molecular weight excluding hydrogens is 664 g/mol. The van der Waals surface area contributed by atoms with Gasteiger partial charge < -0.3 is 66.7 Å². The third-order valence-electron chi connectivity index (χ3n) is 6.02. The van der Waals surface area contributed by atoms with E-state index in [2.05, 4.69) is 0 Å². The van der Waals surface area contributed by atoms with Crippen molar-refractivity contribution in [1.29, 1.82) is 0 Å². The van der Waals surface area contributed by atoms with Gasteiger partial charge in [0.25, 0.3) is 0 Å². The van der Waals surface area contributed by atoms with Crippen molar-refractivity contribution in [3.63, 3.8) is 0 Å². The van der Waals surface area contributed by atoms with E-state index in [-0.39, 0.29) is 25.6 Å². The van der Waals surface area contributed by atoms with Crippen LogP contribution in [0.1, 0.15) is 16.8 Å². The van der Waals surface area contributed by atoms with Gasteiger partial charge in [0.2, 0.25) is 0 Å². The number of ether oxygens (including phenoxy) is 13. The van der Waals surface area contributed by atoms with Crippen molar-refractivity contribution in [2.75, 3.05) is 165 Å². The first-order chi connectivity index (χ1) is 24.7. The smallest absolute Gasteiger partial charge is 0.338 e. The third kappa shape index (κ3) is 34.1. The van der Waals surface area contributed by atoms with Crippen molar-refractivity contribution in [3.8, 4) is 0 Å². The van der Waals surface area contributed by atoms with Crippen LogP contribution in [0.2, 0.25) is 0 Å². The normalized spacial score (nSPS) is 11.3. The number of rotatable bonds is 40. The highest BCUT2D eigenvalue weighted by atomic mass is 16.6. The number of carboxylic acids is 1. The van der Waals surface area contributed by atoms with Gasteiger partial charge in [-0.25, -0.2) is 4.79 Å². The molecule has 0 saturated carbocycles. The maximum Gasteiger partial charge on any atom is 0.338 e. The molecule has 1 rings (SSSR count). The minimum Gasteiger partial charge on any atom is -0.481 e. The molecule has 0 radical (unpaired) electrons. The summed E-state index contributed by atoms with van der Waals surface area (Å²) in [4.78, 5) is 22.1. The molecule has 0 spiro atoms. The molecule has 0 fully saturated rings. The number of carbonyl (C=O) groups is 2. The summed E-state index contributed by atoms with van der Waals surface area (Å²) in [6.07, 6.45) is -0.00671. The van der Waals surface area contributed by atoms with Crippen LogP contribution in [0.5, 0.6) is 0 Å². The summed E-state index contributed by atoms with van der Waals surface area (Å²) in [5.41, 5.74) is 0.520. The first-order valence-electron chi connectivity index (χ1n) is 17.1. The van der Waals surface area contributed by atoms with Crippen molar-refractivity contribution in [2.24, 2.45) is 0 Å². The maximum absolute atomic E-state index is 11.8. The second-order valence-electron chi connectivity index (χ2n) is 9.99. The molecule has 50 heavy (non-hydrogen) atoms. The zero-order valence-corrected chi connectivity index (χ0v) is 29.3. The highest BCUT2D eigenvalue weighted by molar-refractivity contribution is 5.89. The molecule has 0 saturated heterocycles. The predicted octanol–water partition coefficient (Wildman–Crippen LogP) is 1.52. The molecule has 0 aliphatic heterocycles. The summed E-state index contributed by atoms with van der Waals surface area (Å²) in [5, 5.41) is 8.49. The van der Waals surface area contributed by atoms with Gasteiger partial charge >= 0.3 is 11.9 Å². The molecule has 16 heteroatoms. The first kappa shape index (κ1) is 45.7. The molecule has 0 amide bonds. The van der Waals surface area contributed by atoms with Crippen molar-refractivity contribution in [3.05, 3.63) is 35.9 Å². The molecule has 0 unspecified atom stereocenters. The van der Waals surface area contributed by atoms with Gasteiger partial charge in [0.05, 0.1) is 171 Å². The predicted molar refractivity (Wildman–Crippen MR) is 179 cm³/mol. The highest BCUT2D eigenvalue weighted by Crippen LogP contribution is 2.00. The molecule has 0 aliphatic rings. The lowest BCUT2D eigenvalue weighted by atomic mass is 10.2. The summed E-state index contributed by atoms with van der Waals surface area (Å²) in [7, 11) is 0. The Kier molecular flexibility index (Phi) is 34.7. The van der Waals surface area contributed by atoms with Crippen LogP contribution in [0.4, 0.5) is 0 Å². The SMILES string of the molecule is O=C(O)CCOCCOCCOCCOCCOCCOCCOCCOCCOCCOCCOCCOCCOC(=O)c1ccccc1. The Balaban J connectivity index is 1.62. The van der Waals surface area contributed by atoms with Crippen molar-refractivity contribution < 1.29 is 76.3 Å². The van der Waals surface area contributed by atoms with E-state index in [1.165, 1.54) is 0 Å². The van der Waals surface area contributed by atoms with Crippen LogP contribution in [0.25, 0.3) is 0 Å². The summed E-state index contributed by atoms with van der Waals surface area (Å²) < 4.78 is 70.0. The van der Waals surface area contributed by atoms with Crippen molar-refractivity contribution in [2.45, 2.75) is 6.42 Å². The molecule has 16 nitrogen and oxygen atoms in total. The molecular formula is C34H58O16. The van der Waals surface area contributed by atoms with E-state index in [9.17, 15) is 9.59 Å². The Morgan fingerprint density at radius 1 is 0.360 bits per heavy atom. The fraction of sp³-hybridized carbons (Fsp3) is 0.765. The third-order valence-corrected chi connectivity index (χ3v) is 6.02. The average Bonchev–Trinajstić information content (AvgIpc) is 3.12. The number of carbonyl (C=O) groups excluding carboxylic acids is 1. The van der Waals surface area contributed by atoms with Crippen LogP contribution < -0.4 is 0 Å². The minimum absolute atomic E-state index is 0.00671. The van der Waals surface area contributed by atoms with Gasteiger partial charge in [-0.1, -0.05) is 18.2 Å². The van der Waals surface area contributed by atoms with E-state index in [1.807, 2.05) is 6.07 Å². The molecule has 0 heterocycles. The van der Waals surface area contributed by atoms with Gasteiger partial charge in [-0.05, 0) is 12.1 Å². The highest BCUT2D eigenvalue weighted by Gasteiger charge is 2.05. The van der Waals surface area contributed by atoms with Crippen molar-refractivity contribution in [1.82, 2.24) is 0 Å². The molecule has 1 aromatic carbocycles. The van der Waals surface area contributed by atoms with Crippen LogP contribution in [0, 0.1) is 0 Å². The monoisotopic (exact) mass is 722 g/mol. The number of carboxylic acid groups (broad SMARTS) is 1. The van der Waals surface area contributed by atoms with E-state index < -0.39 is 5.97 Å². The molecule has 1 aromatic rings. The molecule has 0 aromatic heterocycles. The number of hydrogen-bond acceptors (Lipinski definition) is 15. The Labute approximate surface area is 295 Å². The average molecular weight is 723 g/mol. The number of aliphatic carboxylic acids is 1. The van der Waals surface area contributed by atoms with Crippen LogP contribution in [-0.2, 0) is 66.4 Å². The van der Waals surface area contributed by atoms with Gasteiger partial charge in [-0.15, -0.1) is 0 Å². The molecule has 290 valence electrons. The Morgan fingerprint density at radius 2 is 0.600 bits per heavy atom. The summed E-state index contributed by atoms with van der Waals surface area (Å²) >= 11 is 0. The second-order valence-corrected chi connectivity index (χ2v) is 9.99. The topological polar surface area (TPSA) is 174 Å². The Morgan fingerprint density at radius 3 is 0.860 bits per heavy atom. The summed E-state index contributed by atoms with van der Waals surface area (Å²) in [6.45, 7) is 10.8. The van der Waals surface area contributed by atoms with Gasteiger partial charge in [-0.2, -0.15) is 0 Å². The van der Waals surface area contributed by atoms with Crippen LogP contribution in [0.3, 0.4) is 0 Å². The molecule has 0 atom stereocenters. The number of esters is 1. The minimum atomic E-state index is -0.878. The second kappa shape index (κ2) is 37.9. The van der Waals surface area contributed by atoms with Crippen LogP contribution in [0.15, 0.2) is 30.3 Å². The zero-order chi connectivity index (χ0) is 35.8. The molecule has 1 N–H and O–H groups in total. The number of hydrogen-bond donors (Lipinski definition) is 1. The standard InChI is InChI=1S/C34H58O16/c35-33(36)6-7-38-8-9-39-10-11-40-12-13-41-14-15-42-16-17-43-18-19-44-20-21-45-22-23-46-24-25-47-26-27-48-28-29-49-30-31-50-34(37)32-4-2-1-3-5-32/h1-5H,6-31H2,(H,35,36). The van der Waals surface area contributed by atoms with Gasteiger partial charge in [0.1, 0.15) is 6.61 Å². The number of benzene rings is 1. The van der Waals surface area contributed by atoms with Gasteiger partial charge in [0, 0.05) is 0 Å². The van der Waals surface area contributed by atoms with Gasteiger partial charge in [0.15, 0.2) is 0 Å². The lowest BCUT2D eigenvalue weighted by Gasteiger charge is -2.09. The van der Waals surface area contributed by atoms with E-state index in [0.717, 1.165) is 0 Å². The van der Waals surface area contributed by atoms with E-state index in [4.69, 9.17) is 66.7 Å². The lowest BCUT2D eigenvalue weighted by Crippen LogP contribution is -2.16. The largest absolute Gasteiger partial charge is 0.481 e. The van der Waals surface area contributed by atoms with Crippen LogP contribution in [-0.4, -0.2) is 182 Å². The van der Waals surface area contributed by atoms with Gasteiger partial charge in [-0.3, -0.25) is 4.79 Å². The fourth-order valence-electron chi connectivity index (χ4n) is 3.53. The summed E-state index contributed by atoms with van der Waals surface area (Å²) in [5.74, 6) is -1.24. The van der Waals surface area contributed by atoms with E-state index in [0.29, 0.717) is 158 Å². The quantitative estimate of drug-likeness (QED) is 0.0762. The first-order valence-corrected chi connectivity index (χ1v) is 17.1. The van der Waals surface area contributed by atoms with E-state index in [1.54, 1.807) is 24.3 Å². The summed E-state index contributed by atoms with van der Waals surface area (Å²) in [6, 6.07) is 8.83. The molecule has 0 bridgehead atoms. The van der Waals surface area contributed by atoms with E-state index >= 15 is 0 Å². The van der Waals surface area contributed by atoms with Crippen molar-refractivity contribution >= 4 is 11.9 Å². The maximum atomic E-state index is 11.8. The van der Waals surface area contributed by atoms with Crippen LogP contribution >= 0.6 is 0 Å². The lowest BCUT2D eigenvalue weighted by molar-refractivity contribution is -0.138. The molecule has 0 aliphatic carbocycles.